The average Bonchev–Trinajstić information content (AvgIpc) is 2.33. The number of aromatic nitrogens is 2. The highest BCUT2D eigenvalue weighted by molar-refractivity contribution is 6.30. The van der Waals surface area contributed by atoms with Crippen LogP contribution in [-0.2, 0) is 16.1 Å². The van der Waals surface area contributed by atoms with Gasteiger partial charge in [-0.25, -0.2) is 0 Å². The average molecular weight is 203 g/mol. The largest absolute Gasteiger partial charge is 0.462 e. The second-order valence-electron chi connectivity index (χ2n) is 2.89. The number of halogens is 1. The van der Waals surface area contributed by atoms with Crippen LogP contribution in [0.25, 0.3) is 0 Å². The van der Waals surface area contributed by atoms with Crippen LogP contribution in [0.15, 0.2) is 12.4 Å². The van der Waals surface area contributed by atoms with E-state index in [9.17, 15) is 4.79 Å². The molecule has 0 unspecified atom stereocenters. The predicted molar refractivity (Wildman–Crippen MR) is 48.5 cm³/mol. The molecule has 0 saturated heterocycles. The maximum Gasteiger partial charge on any atom is 0.328 e. The van der Waals surface area contributed by atoms with Gasteiger partial charge in [0.25, 0.3) is 0 Å². The first-order valence-corrected chi connectivity index (χ1v) is 4.33. The van der Waals surface area contributed by atoms with Gasteiger partial charge in [-0.05, 0) is 13.8 Å². The molecule has 4 nitrogen and oxygen atoms in total. The molecule has 0 amide bonds. The van der Waals surface area contributed by atoms with Crippen molar-refractivity contribution in [3.63, 3.8) is 0 Å². The number of esters is 1. The van der Waals surface area contributed by atoms with Crippen molar-refractivity contribution in [2.75, 3.05) is 0 Å². The van der Waals surface area contributed by atoms with Crippen molar-refractivity contribution in [1.29, 1.82) is 0 Å². The zero-order chi connectivity index (χ0) is 9.84. The molecule has 0 radical (unpaired) electrons. The minimum absolute atomic E-state index is 0.0986. The van der Waals surface area contributed by atoms with E-state index in [-0.39, 0.29) is 18.6 Å². The topological polar surface area (TPSA) is 44.1 Å². The molecular formula is C8H11ClN2O2. The summed E-state index contributed by atoms with van der Waals surface area (Å²) in [5.41, 5.74) is 0. The summed E-state index contributed by atoms with van der Waals surface area (Å²) in [4.78, 5) is 11.1. The standard InChI is InChI=1S/C8H11ClN2O2/c1-6(2)13-8(12)5-11-4-7(9)3-10-11/h3-4,6H,5H2,1-2H3. The van der Waals surface area contributed by atoms with Crippen molar-refractivity contribution >= 4 is 17.6 Å². The third-order valence-electron chi connectivity index (χ3n) is 1.26. The summed E-state index contributed by atoms with van der Waals surface area (Å²) < 4.78 is 6.36. The fourth-order valence-corrected chi connectivity index (χ4v) is 1.01. The summed E-state index contributed by atoms with van der Waals surface area (Å²) in [5.74, 6) is -0.310. The van der Waals surface area contributed by atoms with E-state index in [2.05, 4.69) is 5.10 Å². The van der Waals surface area contributed by atoms with Gasteiger partial charge in [-0.15, -0.1) is 0 Å². The normalized spacial score (nSPS) is 10.5. The van der Waals surface area contributed by atoms with Crippen LogP contribution >= 0.6 is 11.6 Å². The second kappa shape index (κ2) is 4.28. The Balaban J connectivity index is 2.45. The highest BCUT2D eigenvalue weighted by Crippen LogP contribution is 2.04. The van der Waals surface area contributed by atoms with Crippen molar-refractivity contribution in [3.8, 4) is 0 Å². The smallest absolute Gasteiger partial charge is 0.328 e. The third-order valence-corrected chi connectivity index (χ3v) is 1.46. The van der Waals surface area contributed by atoms with Gasteiger partial charge in [-0.2, -0.15) is 5.10 Å². The van der Waals surface area contributed by atoms with Crippen LogP contribution in [0, 0.1) is 0 Å². The Kier molecular flexibility index (Phi) is 3.31. The first kappa shape index (κ1) is 10.1. The fraction of sp³-hybridized carbons (Fsp3) is 0.500. The fourth-order valence-electron chi connectivity index (χ4n) is 0.857. The molecule has 0 N–H and O–H groups in total. The summed E-state index contributed by atoms with van der Waals surface area (Å²) in [7, 11) is 0. The molecule has 1 aromatic rings. The molecule has 1 rings (SSSR count). The van der Waals surface area contributed by atoms with Gasteiger partial charge in [0.05, 0.1) is 17.3 Å². The van der Waals surface area contributed by atoms with E-state index in [4.69, 9.17) is 16.3 Å². The molecule has 1 aromatic heterocycles. The Bertz CT molecular complexity index is 296. The Morgan fingerprint density at radius 2 is 2.46 bits per heavy atom. The number of nitrogens with zero attached hydrogens (tertiary/aromatic N) is 2. The van der Waals surface area contributed by atoms with Crippen LogP contribution in [0.5, 0.6) is 0 Å². The minimum Gasteiger partial charge on any atom is -0.462 e. The number of carbonyl (C=O) groups excluding carboxylic acids is 1. The molecule has 0 aliphatic heterocycles. The van der Waals surface area contributed by atoms with Gasteiger partial charge >= 0.3 is 5.97 Å². The maximum absolute atomic E-state index is 11.1. The third kappa shape index (κ3) is 3.46. The Morgan fingerprint density at radius 1 is 1.77 bits per heavy atom. The highest BCUT2D eigenvalue weighted by Gasteiger charge is 2.06. The van der Waals surface area contributed by atoms with Crippen molar-refractivity contribution in [1.82, 2.24) is 9.78 Å². The van der Waals surface area contributed by atoms with E-state index in [0.717, 1.165) is 0 Å². The first-order valence-electron chi connectivity index (χ1n) is 3.95. The van der Waals surface area contributed by atoms with Gasteiger partial charge in [0, 0.05) is 6.20 Å². The highest BCUT2D eigenvalue weighted by atomic mass is 35.5. The van der Waals surface area contributed by atoms with Crippen LogP contribution in [-0.4, -0.2) is 21.9 Å². The summed E-state index contributed by atoms with van der Waals surface area (Å²) >= 11 is 5.61. The van der Waals surface area contributed by atoms with Gasteiger partial charge in [0.1, 0.15) is 6.54 Å². The molecule has 0 spiro atoms. The van der Waals surface area contributed by atoms with Crippen LogP contribution < -0.4 is 0 Å². The molecule has 0 atom stereocenters. The van der Waals surface area contributed by atoms with E-state index in [1.54, 1.807) is 20.0 Å². The van der Waals surface area contributed by atoms with E-state index in [0.29, 0.717) is 5.02 Å². The molecule has 0 aromatic carbocycles. The lowest BCUT2D eigenvalue weighted by Crippen LogP contribution is -2.17. The van der Waals surface area contributed by atoms with Crippen LogP contribution in [0.4, 0.5) is 0 Å². The number of ether oxygens (including phenoxy) is 1. The number of hydrogen-bond donors (Lipinski definition) is 0. The lowest BCUT2D eigenvalue weighted by Gasteiger charge is -2.07. The molecule has 0 aliphatic rings. The van der Waals surface area contributed by atoms with E-state index >= 15 is 0 Å². The number of carbonyl (C=O) groups is 1. The first-order chi connectivity index (χ1) is 6.08. The summed E-state index contributed by atoms with van der Waals surface area (Å²) in [6.45, 7) is 3.70. The van der Waals surface area contributed by atoms with Gasteiger partial charge in [0.15, 0.2) is 0 Å². The molecule has 13 heavy (non-hydrogen) atoms. The number of rotatable bonds is 3. The number of hydrogen-bond acceptors (Lipinski definition) is 3. The quantitative estimate of drug-likeness (QED) is 0.698. The maximum atomic E-state index is 11.1. The Morgan fingerprint density at radius 3 is 2.92 bits per heavy atom. The van der Waals surface area contributed by atoms with Crippen molar-refractivity contribution < 1.29 is 9.53 Å². The SMILES string of the molecule is CC(C)OC(=O)Cn1cc(Cl)cn1. The van der Waals surface area contributed by atoms with Crippen LogP contribution in [0.3, 0.4) is 0 Å². The molecule has 1 heterocycles. The Labute approximate surface area is 81.4 Å². The van der Waals surface area contributed by atoms with Crippen LogP contribution in [0.1, 0.15) is 13.8 Å². The molecule has 72 valence electrons. The summed E-state index contributed by atoms with van der Waals surface area (Å²) in [5, 5.41) is 4.36. The van der Waals surface area contributed by atoms with Crippen molar-refractivity contribution in [2.24, 2.45) is 0 Å². The predicted octanol–water partition coefficient (Wildman–Crippen LogP) is 1.49. The van der Waals surface area contributed by atoms with E-state index in [1.807, 2.05) is 0 Å². The summed E-state index contributed by atoms with van der Waals surface area (Å²) in [6, 6.07) is 0. The molecule has 0 bridgehead atoms. The zero-order valence-corrected chi connectivity index (χ0v) is 8.28. The van der Waals surface area contributed by atoms with Gasteiger partial charge in [0.2, 0.25) is 0 Å². The second-order valence-corrected chi connectivity index (χ2v) is 3.33. The Hall–Kier alpha value is -1.03. The molecule has 0 saturated carbocycles. The lowest BCUT2D eigenvalue weighted by atomic mass is 10.5. The van der Waals surface area contributed by atoms with Crippen molar-refractivity contribution in [2.45, 2.75) is 26.5 Å². The molecule has 0 aliphatic carbocycles. The van der Waals surface area contributed by atoms with Crippen molar-refractivity contribution in [3.05, 3.63) is 17.4 Å². The molecule has 0 fully saturated rings. The van der Waals surface area contributed by atoms with E-state index in [1.165, 1.54) is 10.9 Å². The summed E-state index contributed by atoms with van der Waals surface area (Å²) in [6.07, 6.45) is 2.95. The van der Waals surface area contributed by atoms with Crippen LogP contribution in [0.2, 0.25) is 5.02 Å². The monoisotopic (exact) mass is 202 g/mol. The zero-order valence-electron chi connectivity index (χ0n) is 7.53. The van der Waals surface area contributed by atoms with E-state index < -0.39 is 0 Å². The molecule has 5 heteroatoms. The van der Waals surface area contributed by atoms with Gasteiger partial charge in [-0.3, -0.25) is 9.48 Å². The molecular weight excluding hydrogens is 192 g/mol. The van der Waals surface area contributed by atoms with Gasteiger partial charge < -0.3 is 4.74 Å². The lowest BCUT2D eigenvalue weighted by molar-refractivity contribution is -0.148. The minimum atomic E-state index is -0.310. The van der Waals surface area contributed by atoms with Gasteiger partial charge in [-0.1, -0.05) is 11.6 Å².